The topological polar surface area (TPSA) is 137 Å². The second kappa shape index (κ2) is 15.1. The summed E-state index contributed by atoms with van der Waals surface area (Å²) in [6.45, 7) is 9.62. The maximum atomic E-state index is 13.8. The fraction of sp³-hybridized carbons (Fsp3) is 0.528. The molecule has 3 heterocycles. The van der Waals surface area contributed by atoms with Gasteiger partial charge in [-0.25, -0.2) is 14.6 Å². The smallest absolute Gasteiger partial charge is 0.332 e. The van der Waals surface area contributed by atoms with Crippen LogP contribution >= 0.6 is 0 Å². The fourth-order valence-corrected chi connectivity index (χ4v) is 6.14. The number of carbonyl (C=O) groups is 3. The highest BCUT2D eigenvalue weighted by atomic mass is 16.5. The van der Waals surface area contributed by atoms with Crippen LogP contribution in [0, 0.1) is 18.8 Å². The van der Waals surface area contributed by atoms with Crippen LogP contribution in [-0.2, 0) is 20.9 Å². The third-order valence-corrected chi connectivity index (χ3v) is 8.96. The molecule has 0 spiro atoms. The number of aromatic nitrogens is 3. The van der Waals surface area contributed by atoms with Crippen molar-refractivity contribution in [3.63, 3.8) is 0 Å². The molecule has 258 valence electrons. The minimum Gasteiger partial charge on any atom is -0.496 e. The first kappa shape index (κ1) is 34.7. The quantitative estimate of drug-likeness (QED) is 0.228. The molecule has 3 atom stereocenters. The molecule has 12 heteroatoms. The summed E-state index contributed by atoms with van der Waals surface area (Å²) in [5, 5.41) is 11.1. The van der Waals surface area contributed by atoms with Gasteiger partial charge in [-0.15, -0.1) is 0 Å². The van der Waals surface area contributed by atoms with Crippen molar-refractivity contribution >= 4 is 28.8 Å². The van der Waals surface area contributed by atoms with E-state index in [1.165, 1.54) is 0 Å². The van der Waals surface area contributed by atoms with Crippen LogP contribution in [-0.4, -0.2) is 83.1 Å². The normalized spacial score (nSPS) is 21.7. The molecule has 48 heavy (non-hydrogen) atoms. The van der Waals surface area contributed by atoms with Crippen LogP contribution in [0.4, 0.5) is 4.79 Å². The van der Waals surface area contributed by atoms with Crippen molar-refractivity contribution in [1.82, 2.24) is 30.3 Å². The standard InChI is InChI=1S/C36H48N6O6/c1-7-47-34(44)36-19-26(36)12-10-8-9-11-16-41(5)35(45)39-28(33(43)40-36)15-17-48-31-18-29(25-20-37-42(22-25)21-23(2)3)38-32-24(4)30(46-6)14-13-27(31)32/h10,12-14,18,20,22-23,26,28H,7-9,11,15-17,19,21H2,1-6H3,(H,39,45)(H,40,43)/t26-,28+,36-/m1/s1. The van der Waals surface area contributed by atoms with Gasteiger partial charge in [-0.2, -0.15) is 5.10 Å². The highest BCUT2D eigenvalue weighted by molar-refractivity contribution is 5.95. The van der Waals surface area contributed by atoms with Gasteiger partial charge in [-0.3, -0.25) is 9.48 Å². The predicted molar refractivity (Wildman–Crippen MR) is 183 cm³/mol. The maximum absolute atomic E-state index is 13.8. The van der Waals surface area contributed by atoms with Crippen molar-refractivity contribution in [2.75, 3.05) is 33.9 Å². The highest BCUT2D eigenvalue weighted by Crippen LogP contribution is 2.46. The summed E-state index contributed by atoms with van der Waals surface area (Å²) in [7, 11) is 3.34. The van der Waals surface area contributed by atoms with Crippen LogP contribution in [0.3, 0.4) is 0 Å². The zero-order chi connectivity index (χ0) is 34.4. The number of aryl methyl sites for hydroxylation is 1. The van der Waals surface area contributed by atoms with E-state index in [0.717, 1.165) is 47.8 Å². The Morgan fingerprint density at radius 3 is 2.75 bits per heavy atom. The van der Waals surface area contributed by atoms with Gasteiger partial charge in [0.1, 0.15) is 23.1 Å². The molecule has 3 amide bonds. The Bertz CT molecular complexity index is 1670. The molecule has 1 fully saturated rings. The van der Waals surface area contributed by atoms with E-state index in [9.17, 15) is 14.4 Å². The summed E-state index contributed by atoms with van der Waals surface area (Å²) in [5.74, 6) is 0.643. The van der Waals surface area contributed by atoms with Gasteiger partial charge in [0.15, 0.2) is 0 Å². The maximum Gasteiger partial charge on any atom is 0.332 e. The van der Waals surface area contributed by atoms with Crippen LogP contribution in [0.25, 0.3) is 22.2 Å². The summed E-state index contributed by atoms with van der Waals surface area (Å²) in [6.07, 6.45) is 11.0. The Hall–Kier alpha value is -4.61. The molecule has 1 saturated carbocycles. The summed E-state index contributed by atoms with van der Waals surface area (Å²) in [6, 6.07) is 4.34. The van der Waals surface area contributed by atoms with Crippen LogP contribution < -0.4 is 20.1 Å². The van der Waals surface area contributed by atoms with E-state index in [1.807, 2.05) is 42.1 Å². The number of pyridine rings is 1. The highest BCUT2D eigenvalue weighted by Gasteiger charge is 2.61. The first-order valence-corrected chi connectivity index (χ1v) is 16.9. The number of allylic oxidation sites excluding steroid dienone is 1. The van der Waals surface area contributed by atoms with Gasteiger partial charge < -0.3 is 29.7 Å². The molecule has 0 unspecified atom stereocenters. The Morgan fingerprint density at radius 2 is 2.00 bits per heavy atom. The molecule has 12 nitrogen and oxygen atoms in total. The van der Waals surface area contributed by atoms with Gasteiger partial charge in [-0.05, 0) is 57.6 Å². The Balaban J connectivity index is 1.41. The Kier molecular flexibility index (Phi) is 10.9. The third-order valence-electron chi connectivity index (χ3n) is 8.96. The van der Waals surface area contributed by atoms with Gasteiger partial charge in [-0.1, -0.05) is 26.0 Å². The minimum atomic E-state index is -1.14. The van der Waals surface area contributed by atoms with Crippen LogP contribution in [0.5, 0.6) is 11.5 Å². The number of benzene rings is 1. The number of esters is 1. The summed E-state index contributed by atoms with van der Waals surface area (Å²) >= 11 is 0. The molecule has 5 rings (SSSR count). The molecule has 2 N–H and O–H groups in total. The first-order chi connectivity index (χ1) is 23.1. The summed E-state index contributed by atoms with van der Waals surface area (Å²) < 4.78 is 19.2. The van der Waals surface area contributed by atoms with E-state index in [1.54, 1.807) is 32.2 Å². The van der Waals surface area contributed by atoms with Crippen LogP contribution in [0.2, 0.25) is 0 Å². The van der Waals surface area contributed by atoms with Gasteiger partial charge in [0, 0.05) is 61.3 Å². The fourth-order valence-electron chi connectivity index (χ4n) is 6.14. The van der Waals surface area contributed by atoms with Gasteiger partial charge in [0.05, 0.1) is 37.7 Å². The molecular weight excluding hydrogens is 612 g/mol. The monoisotopic (exact) mass is 660 g/mol. The van der Waals surface area contributed by atoms with Crippen molar-refractivity contribution < 1.29 is 28.6 Å². The zero-order valence-corrected chi connectivity index (χ0v) is 28.9. The largest absolute Gasteiger partial charge is 0.496 e. The number of carbonyl (C=O) groups excluding carboxylic acids is 3. The number of nitrogens with zero attached hydrogens (tertiary/aromatic N) is 4. The lowest BCUT2D eigenvalue weighted by atomic mass is 10.1. The molecule has 3 aromatic rings. The number of hydrogen-bond acceptors (Lipinski definition) is 8. The second-order valence-electron chi connectivity index (χ2n) is 13.1. The lowest BCUT2D eigenvalue weighted by Crippen LogP contribution is -2.56. The number of ether oxygens (including phenoxy) is 3. The number of amides is 3. The van der Waals surface area contributed by atoms with Crippen molar-refractivity contribution in [2.45, 2.75) is 77.9 Å². The lowest BCUT2D eigenvalue weighted by Gasteiger charge is -2.26. The van der Waals surface area contributed by atoms with Crippen molar-refractivity contribution in [3.8, 4) is 22.8 Å². The average Bonchev–Trinajstić information content (AvgIpc) is 3.55. The molecule has 2 aromatic heterocycles. The summed E-state index contributed by atoms with van der Waals surface area (Å²) in [4.78, 5) is 46.6. The molecule has 1 aliphatic carbocycles. The van der Waals surface area contributed by atoms with Crippen molar-refractivity contribution in [1.29, 1.82) is 0 Å². The first-order valence-electron chi connectivity index (χ1n) is 16.9. The van der Waals surface area contributed by atoms with E-state index in [0.29, 0.717) is 36.1 Å². The van der Waals surface area contributed by atoms with E-state index in [4.69, 9.17) is 19.2 Å². The van der Waals surface area contributed by atoms with E-state index < -0.39 is 23.5 Å². The van der Waals surface area contributed by atoms with E-state index in [2.05, 4.69) is 35.7 Å². The molecule has 2 aliphatic rings. The number of nitrogens with one attached hydrogen (secondary N) is 2. The van der Waals surface area contributed by atoms with Gasteiger partial charge in [0.2, 0.25) is 5.91 Å². The van der Waals surface area contributed by atoms with Crippen LogP contribution in [0.15, 0.2) is 42.7 Å². The number of fused-ring (bicyclic) bond motifs is 2. The Morgan fingerprint density at radius 1 is 1.19 bits per heavy atom. The number of hydrogen-bond donors (Lipinski definition) is 2. The predicted octanol–water partition coefficient (Wildman–Crippen LogP) is 5.03. The van der Waals surface area contributed by atoms with Gasteiger partial charge in [0.25, 0.3) is 0 Å². The molecule has 1 aliphatic heterocycles. The lowest BCUT2D eigenvalue weighted by molar-refractivity contribution is -0.149. The molecule has 0 bridgehead atoms. The average molecular weight is 661 g/mol. The van der Waals surface area contributed by atoms with Crippen LogP contribution in [0.1, 0.15) is 58.4 Å². The van der Waals surface area contributed by atoms with E-state index >= 15 is 0 Å². The molecular formula is C36H48N6O6. The molecule has 0 radical (unpaired) electrons. The minimum absolute atomic E-state index is 0.105. The SMILES string of the molecule is CCOC(=O)[C@@]12C[C@H]1C=CCCCCN(C)C(=O)N[C@@H](CCOc1cc(-c3cnn(CC(C)C)c3)nc3c(C)c(OC)ccc13)C(=O)N2. The second-order valence-corrected chi connectivity index (χ2v) is 13.1. The van der Waals surface area contributed by atoms with Gasteiger partial charge >= 0.3 is 12.0 Å². The number of rotatable bonds is 10. The number of methoxy groups -OCH3 is 1. The number of urea groups is 1. The van der Waals surface area contributed by atoms with Crippen molar-refractivity contribution in [2.24, 2.45) is 11.8 Å². The zero-order valence-electron chi connectivity index (χ0n) is 28.9. The van der Waals surface area contributed by atoms with E-state index in [-0.39, 0.29) is 31.6 Å². The molecule has 1 aromatic carbocycles. The van der Waals surface area contributed by atoms with Crippen molar-refractivity contribution in [3.05, 3.63) is 48.3 Å². The Labute approximate surface area is 282 Å². The third kappa shape index (κ3) is 7.74. The molecule has 0 saturated heterocycles. The summed E-state index contributed by atoms with van der Waals surface area (Å²) in [5.41, 5.74) is 2.00.